The Morgan fingerprint density at radius 3 is 2.50 bits per heavy atom. The topological polar surface area (TPSA) is 92.7 Å². The van der Waals surface area contributed by atoms with E-state index >= 15 is 0 Å². The molecule has 6 nitrogen and oxygen atoms in total. The second kappa shape index (κ2) is 6.78. The summed E-state index contributed by atoms with van der Waals surface area (Å²) < 4.78 is 4.43. The summed E-state index contributed by atoms with van der Waals surface area (Å²) in [6.45, 7) is 0. The predicted octanol–water partition coefficient (Wildman–Crippen LogP) is 0.475. The molecule has 0 saturated carbocycles. The quantitative estimate of drug-likeness (QED) is 0.532. The maximum atomic E-state index is 11.7. The smallest absolute Gasteiger partial charge is 0.326 e. The van der Waals surface area contributed by atoms with E-state index in [1.54, 1.807) is 0 Å². The van der Waals surface area contributed by atoms with Crippen LogP contribution in [-0.4, -0.2) is 36.1 Å². The number of esters is 1. The number of rotatable bonds is 6. The Hall–Kier alpha value is -1.85. The Balaban J connectivity index is 2.44. The maximum Gasteiger partial charge on any atom is 0.326 e. The molecule has 0 aromatic heterocycles. The Morgan fingerprint density at radius 1 is 1.39 bits per heavy atom. The van der Waals surface area contributed by atoms with Crippen molar-refractivity contribution < 1.29 is 24.2 Å². The first kappa shape index (κ1) is 14.2. The number of hydrogen-bond donors (Lipinski definition) is 2. The van der Waals surface area contributed by atoms with Gasteiger partial charge in [-0.15, -0.1) is 0 Å². The minimum absolute atomic E-state index is 0.0311. The average Bonchev–Trinajstić information content (AvgIpc) is 2.87. The lowest BCUT2D eigenvalue weighted by Crippen LogP contribution is -2.43. The number of carbonyl (C=O) groups excluding carboxylic acids is 2. The summed E-state index contributed by atoms with van der Waals surface area (Å²) in [4.78, 5) is 33.7. The van der Waals surface area contributed by atoms with Crippen molar-refractivity contribution in [2.24, 2.45) is 5.92 Å². The monoisotopic (exact) mass is 255 g/mol. The second-order valence-electron chi connectivity index (χ2n) is 4.15. The number of hydrogen-bond acceptors (Lipinski definition) is 4. The summed E-state index contributed by atoms with van der Waals surface area (Å²) >= 11 is 0. The van der Waals surface area contributed by atoms with Gasteiger partial charge in [0.05, 0.1) is 7.11 Å². The highest BCUT2D eigenvalue weighted by molar-refractivity contribution is 5.85. The minimum Gasteiger partial charge on any atom is -0.480 e. The Kier molecular flexibility index (Phi) is 5.35. The summed E-state index contributed by atoms with van der Waals surface area (Å²) in [5.41, 5.74) is 0. The molecule has 0 aliphatic heterocycles. The van der Waals surface area contributed by atoms with E-state index in [0.29, 0.717) is 12.8 Å². The highest BCUT2D eigenvalue weighted by Gasteiger charge is 2.26. The van der Waals surface area contributed by atoms with Crippen LogP contribution in [-0.2, 0) is 19.1 Å². The molecule has 0 bridgehead atoms. The fourth-order valence-electron chi connectivity index (χ4n) is 1.74. The molecule has 0 fully saturated rings. The number of aliphatic carboxylic acids is 1. The third-order valence-electron chi connectivity index (χ3n) is 2.86. The van der Waals surface area contributed by atoms with Crippen molar-refractivity contribution >= 4 is 17.8 Å². The molecule has 0 aromatic carbocycles. The number of nitrogens with one attached hydrogen (secondary N) is 1. The first-order valence-electron chi connectivity index (χ1n) is 5.79. The molecule has 18 heavy (non-hydrogen) atoms. The molecule has 1 atom stereocenters. The lowest BCUT2D eigenvalue weighted by molar-refractivity contribution is -0.144. The highest BCUT2D eigenvalue weighted by atomic mass is 16.5. The SMILES string of the molecule is COC(=O)CCC(NC(=O)C1CC=CC1)C(=O)O. The van der Waals surface area contributed by atoms with Gasteiger partial charge in [-0.2, -0.15) is 0 Å². The number of allylic oxidation sites excluding steroid dienone is 2. The summed E-state index contributed by atoms with van der Waals surface area (Å²) in [5, 5.41) is 11.4. The summed E-state index contributed by atoms with van der Waals surface area (Å²) in [6, 6.07) is -1.04. The van der Waals surface area contributed by atoms with Crippen LogP contribution in [0.5, 0.6) is 0 Å². The molecule has 100 valence electrons. The summed E-state index contributed by atoms with van der Waals surface area (Å²) in [7, 11) is 1.24. The van der Waals surface area contributed by atoms with Crippen LogP contribution in [0.4, 0.5) is 0 Å². The molecule has 2 N–H and O–H groups in total. The first-order valence-corrected chi connectivity index (χ1v) is 5.79. The molecule has 0 radical (unpaired) electrons. The Morgan fingerprint density at radius 2 is 2.00 bits per heavy atom. The highest BCUT2D eigenvalue weighted by Crippen LogP contribution is 2.18. The Bertz CT molecular complexity index is 355. The van der Waals surface area contributed by atoms with E-state index in [0.717, 1.165) is 0 Å². The van der Waals surface area contributed by atoms with Crippen molar-refractivity contribution in [1.82, 2.24) is 5.32 Å². The van der Waals surface area contributed by atoms with Gasteiger partial charge >= 0.3 is 11.9 Å². The second-order valence-corrected chi connectivity index (χ2v) is 4.15. The third kappa shape index (κ3) is 4.20. The van der Waals surface area contributed by atoms with Crippen LogP contribution in [0.1, 0.15) is 25.7 Å². The fourth-order valence-corrected chi connectivity index (χ4v) is 1.74. The van der Waals surface area contributed by atoms with Crippen molar-refractivity contribution in [2.75, 3.05) is 7.11 Å². The molecule has 6 heteroatoms. The van der Waals surface area contributed by atoms with Crippen molar-refractivity contribution in [1.29, 1.82) is 0 Å². The van der Waals surface area contributed by atoms with Crippen molar-refractivity contribution in [3.8, 4) is 0 Å². The molecule has 1 aliphatic rings. The zero-order valence-electron chi connectivity index (χ0n) is 10.2. The van der Waals surface area contributed by atoms with Crippen LogP contribution < -0.4 is 5.32 Å². The zero-order chi connectivity index (χ0) is 13.5. The maximum absolute atomic E-state index is 11.7. The lowest BCUT2D eigenvalue weighted by Gasteiger charge is -2.16. The van der Waals surface area contributed by atoms with Gasteiger partial charge in [-0.25, -0.2) is 4.79 Å². The number of methoxy groups -OCH3 is 1. The average molecular weight is 255 g/mol. The number of carboxylic acid groups (broad SMARTS) is 1. The van der Waals surface area contributed by atoms with Gasteiger partial charge in [0.25, 0.3) is 0 Å². The number of amides is 1. The van der Waals surface area contributed by atoms with Gasteiger partial charge in [-0.1, -0.05) is 12.2 Å². The van der Waals surface area contributed by atoms with E-state index in [9.17, 15) is 14.4 Å². The van der Waals surface area contributed by atoms with Crippen molar-refractivity contribution in [3.63, 3.8) is 0 Å². The van der Waals surface area contributed by atoms with Gasteiger partial charge in [0, 0.05) is 12.3 Å². The van der Waals surface area contributed by atoms with E-state index in [1.807, 2.05) is 12.2 Å². The summed E-state index contributed by atoms with van der Waals surface area (Å²) in [6.07, 6.45) is 5.07. The Labute approximate surface area is 105 Å². The lowest BCUT2D eigenvalue weighted by atomic mass is 10.0. The van der Waals surface area contributed by atoms with E-state index < -0.39 is 18.0 Å². The van der Waals surface area contributed by atoms with Crippen LogP contribution in [0.2, 0.25) is 0 Å². The van der Waals surface area contributed by atoms with Crippen molar-refractivity contribution in [3.05, 3.63) is 12.2 Å². The third-order valence-corrected chi connectivity index (χ3v) is 2.86. The zero-order valence-corrected chi connectivity index (χ0v) is 10.2. The minimum atomic E-state index is -1.14. The van der Waals surface area contributed by atoms with Crippen LogP contribution >= 0.6 is 0 Å². The molecule has 1 rings (SSSR count). The normalized spacial score (nSPS) is 16.3. The van der Waals surface area contributed by atoms with Crippen LogP contribution in [0, 0.1) is 5.92 Å². The van der Waals surface area contributed by atoms with E-state index in [1.165, 1.54) is 7.11 Å². The molecule has 0 saturated heterocycles. The van der Waals surface area contributed by atoms with Crippen LogP contribution in [0.25, 0.3) is 0 Å². The van der Waals surface area contributed by atoms with Gasteiger partial charge in [0.15, 0.2) is 0 Å². The molecule has 1 amide bonds. The molecule has 0 heterocycles. The van der Waals surface area contributed by atoms with Gasteiger partial charge in [0.2, 0.25) is 5.91 Å². The predicted molar refractivity (Wildman–Crippen MR) is 62.7 cm³/mol. The number of ether oxygens (including phenoxy) is 1. The molecular formula is C12H17NO5. The molecule has 1 unspecified atom stereocenters. The fraction of sp³-hybridized carbons (Fsp3) is 0.583. The molecule has 1 aliphatic carbocycles. The standard InChI is InChI=1S/C12H17NO5/c1-18-10(14)7-6-9(12(16)17)13-11(15)8-4-2-3-5-8/h2-3,8-9H,4-7H2,1H3,(H,13,15)(H,16,17). The van der Waals surface area contributed by atoms with Crippen LogP contribution in [0.15, 0.2) is 12.2 Å². The van der Waals surface area contributed by atoms with Gasteiger partial charge in [0.1, 0.15) is 6.04 Å². The van der Waals surface area contributed by atoms with Crippen molar-refractivity contribution in [2.45, 2.75) is 31.7 Å². The number of carbonyl (C=O) groups is 3. The molecule has 0 aromatic rings. The van der Waals surface area contributed by atoms with E-state index in [2.05, 4.69) is 10.1 Å². The van der Waals surface area contributed by atoms with E-state index in [4.69, 9.17) is 5.11 Å². The van der Waals surface area contributed by atoms with Crippen LogP contribution in [0.3, 0.4) is 0 Å². The number of carboxylic acids is 1. The summed E-state index contributed by atoms with van der Waals surface area (Å²) in [5.74, 6) is -2.10. The first-order chi connectivity index (χ1) is 8.54. The molecular weight excluding hydrogens is 238 g/mol. The molecule has 0 spiro atoms. The van der Waals surface area contributed by atoms with Gasteiger partial charge < -0.3 is 15.2 Å². The van der Waals surface area contributed by atoms with E-state index in [-0.39, 0.29) is 24.7 Å². The van der Waals surface area contributed by atoms with Gasteiger partial charge in [-0.3, -0.25) is 9.59 Å². The van der Waals surface area contributed by atoms with Gasteiger partial charge in [-0.05, 0) is 19.3 Å². The largest absolute Gasteiger partial charge is 0.480 e.